The first-order chi connectivity index (χ1) is 34.1. The molecule has 7 amide bonds. The number of hydrogen-bond donors (Lipinski definition) is 10. The molecule has 0 saturated heterocycles. The van der Waals surface area contributed by atoms with Crippen LogP contribution in [-0.2, 0) is 51.2 Å². The molecule has 5 atom stereocenters. The highest BCUT2D eigenvalue weighted by Crippen LogP contribution is 2.18. The fourth-order valence-electron chi connectivity index (χ4n) is 7.29. The van der Waals surface area contributed by atoms with E-state index in [1.165, 1.54) is 42.5 Å². The van der Waals surface area contributed by atoms with Crippen molar-refractivity contribution >= 4 is 70.8 Å². The summed E-state index contributed by atoms with van der Waals surface area (Å²) < 4.78 is 27.7. The summed E-state index contributed by atoms with van der Waals surface area (Å²) in [5, 5.41) is 10.6. The Balaban J connectivity index is 2.08. The lowest BCUT2D eigenvalue weighted by Crippen LogP contribution is -2.60. The van der Waals surface area contributed by atoms with Crippen molar-refractivity contribution in [2.45, 2.75) is 102 Å². The number of hydrogen-bond acceptors (Lipinski definition) is 11. The molecular weight excluding hydrogens is 937 g/mol. The van der Waals surface area contributed by atoms with Gasteiger partial charge in [0.1, 0.15) is 35.8 Å². The lowest BCUT2D eigenvalue weighted by molar-refractivity contribution is -0.148. The minimum atomic E-state index is -1.64. The number of imide groups is 1. The van der Waals surface area contributed by atoms with Crippen LogP contribution < -0.4 is 55.7 Å². The summed E-state index contributed by atoms with van der Waals surface area (Å²) in [7, 11) is 0. The highest BCUT2D eigenvalue weighted by Gasteiger charge is 2.36. The Kier molecular flexibility index (Phi) is 23.6. The van der Waals surface area contributed by atoms with Gasteiger partial charge in [-0.1, -0.05) is 50.2 Å². The highest BCUT2D eigenvalue weighted by molar-refractivity contribution is 6.06. The number of rotatable bonds is 28. The van der Waals surface area contributed by atoms with Crippen molar-refractivity contribution < 1.29 is 47.1 Å². The summed E-state index contributed by atoms with van der Waals surface area (Å²) in [5.74, 6) is -8.73. The van der Waals surface area contributed by atoms with Gasteiger partial charge in [-0.3, -0.25) is 48.2 Å². The second-order valence-electron chi connectivity index (χ2n) is 17.2. The number of aliphatic imine (C=N–C) groups is 2. The monoisotopic (exact) mass is 1000 g/mol. The Labute approximate surface area is 416 Å². The fraction of sp³-hybridized carbons (Fsp3) is 0.388. The number of guanidine groups is 2. The Hall–Kier alpha value is -8.08. The van der Waals surface area contributed by atoms with E-state index in [-0.39, 0.29) is 69.5 Å². The lowest BCUT2D eigenvalue weighted by atomic mass is 9.99. The zero-order chi connectivity index (χ0) is 53.5. The Morgan fingerprint density at radius 1 is 0.639 bits per heavy atom. The third-order valence-electron chi connectivity index (χ3n) is 10.8. The molecule has 0 spiro atoms. The smallest absolute Gasteiger partial charge is 0.253 e. The van der Waals surface area contributed by atoms with Crippen LogP contribution in [0.5, 0.6) is 0 Å². The van der Waals surface area contributed by atoms with Gasteiger partial charge in [-0.2, -0.15) is 0 Å². The van der Waals surface area contributed by atoms with Crippen LogP contribution in [0.2, 0.25) is 0 Å². The largest absolute Gasteiger partial charge is 0.370 e. The molecule has 0 aliphatic carbocycles. The third kappa shape index (κ3) is 20.5. The van der Waals surface area contributed by atoms with Gasteiger partial charge in [-0.05, 0) is 104 Å². The summed E-state index contributed by atoms with van der Waals surface area (Å²) in [4.78, 5) is 118. The molecule has 0 unspecified atom stereocenters. The normalized spacial score (nSPS) is 13.1. The molecule has 23 heteroatoms. The van der Waals surface area contributed by atoms with Crippen LogP contribution in [0.3, 0.4) is 0 Å². The Morgan fingerprint density at radius 3 is 1.71 bits per heavy atom. The van der Waals surface area contributed by atoms with Gasteiger partial charge in [0.2, 0.25) is 35.4 Å². The predicted molar refractivity (Wildman–Crippen MR) is 267 cm³/mol. The molecule has 72 heavy (non-hydrogen) atoms. The van der Waals surface area contributed by atoms with Crippen molar-refractivity contribution in [3.05, 3.63) is 107 Å². The van der Waals surface area contributed by atoms with Gasteiger partial charge in [-0.25, -0.2) is 13.8 Å². The molecule has 0 fully saturated rings. The number of Topliss-reactive ketones (excluding diaryl/α,β-unsaturated/α-hetero) is 1. The minimum Gasteiger partial charge on any atom is -0.370 e. The van der Waals surface area contributed by atoms with Crippen LogP contribution in [0.1, 0.15) is 76.0 Å². The molecule has 3 aromatic rings. The van der Waals surface area contributed by atoms with E-state index in [9.17, 15) is 47.1 Å². The number of nitrogens with zero attached hydrogens (tertiary/aromatic N) is 3. The van der Waals surface area contributed by atoms with Gasteiger partial charge in [0, 0.05) is 32.4 Å². The second kappa shape index (κ2) is 29.2. The van der Waals surface area contributed by atoms with Crippen LogP contribution in [-0.4, -0.2) is 107 Å². The van der Waals surface area contributed by atoms with Crippen molar-refractivity contribution in [1.29, 1.82) is 0 Å². The summed E-state index contributed by atoms with van der Waals surface area (Å²) in [6.45, 7) is 4.81. The second-order valence-corrected chi connectivity index (χ2v) is 17.2. The van der Waals surface area contributed by atoms with E-state index in [0.717, 1.165) is 25.1 Å². The van der Waals surface area contributed by atoms with Gasteiger partial charge in [0.25, 0.3) is 5.91 Å². The molecule has 16 N–H and O–H groups in total. The van der Waals surface area contributed by atoms with Gasteiger partial charge in [0.05, 0.1) is 18.2 Å². The molecule has 3 rings (SSSR count). The molecule has 21 nitrogen and oxygen atoms in total. The Bertz CT molecular complexity index is 2440. The highest BCUT2D eigenvalue weighted by atomic mass is 19.1. The van der Waals surface area contributed by atoms with E-state index in [4.69, 9.17) is 34.4 Å². The topological polar surface area (TPSA) is 369 Å². The molecule has 0 bridgehead atoms. The number of carbonyl (C=O) groups is 8. The zero-order valence-corrected chi connectivity index (χ0v) is 40.4. The standard InChI is InChI=1S/C49H65F2N13O8/c1-28(2)24-38(45(70)61-37(7-5-23-58-48(54)55)44(69)60-36(6-4-22-52)41(66)27-42(53)67)62-46(71)39(25-31-12-19-35(20-13-31)59-49(56)57)63-47(72)40(26-32-10-17-34(51)18-11-32)64(29(3)65)43(68)21-14-30-8-15-33(50)16-9-30/h8-21,28,36-40H,4-7,22-27,52H2,1-3H3,(H2,53,67)(H,60,69)(H,61,70)(H,62,71)(H,63,72)(H4,54,55,58)(H4,56,57,59)/b21-14+/t36-,37-,38-,39-,40-/m0/s1. The molecule has 0 aliphatic heterocycles. The van der Waals surface area contributed by atoms with E-state index in [2.05, 4.69) is 31.3 Å². The Morgan fingerprint density at radius 2 is 1.15 bits per heavy atom. The maximum absolute atomic E-state index is 14.7. The van der Waals surface area contributed by atoms with E-state index in [0.29, 0.717) is 33.7 Å². The number of amides is 7. The zero-order valence-electron chi connectivity index (χ0n) is 40.4. The number of carbonyl (C=O) groups excluding carboxylic acids is 8. The summed E-state index contributed by atoms with van der Waals surface area (Å²) in [6.07, 6.45) is 1.56. The van der Waals surface area contributed by atoms with E-state index >= 15 is 0 Å². The molecular formula is C49H65F2N13O8. The average molecular weight is 1000 g/mol. The predicted octanol–water partition coefficient (Wildman–Crippen LogP) is 0.334. The number of ketones is 1. The van der Waals surface area contributed by atoms with Crippen LogP contribution >= 0.6 is 0 Å². The first-order valence-corrected chi connectivity index (χ1v) is 23.0. The van der Waals surface area contributed by atoms with Gasteiger partial charge >= 0.3 is 0 Å². The summed E-state index contributed by atoms with van der Waals surface area (Å²) in [5.41, 5.74) is 34.5. The van der Waals surface area contributed by atoms with E-state index in [1.807, 2.05) is 0 Å². The first-order valence-electron chi connectivity index (χ1n) is 23.0. The van der Waals surface area contributed by atoms with Crippen molar-refractivity contribution in [2.24, 2.45) is 50.3 Å². The minimum absolute atomic E-state index is 0.00418. The number of benzene rings is 3. The molecule has 0 heterocycles. The fourth-order valence-corrected chi connectivity index (χ4v) is 7.29. The third-order valence-corrected chi connectivity index (χ3v) is 10.8. The number of nitrogens with one attached hydrogen (secondary N) is 4. The summed E-state index contributed by atoms with van der Waals surface area (Å²) >= 11 is 0. The van der Waals surface area contributed by atoms with E-state index in [1.54, 1.807) is 38.1 Å². The van der Waals surface area contributed by atoms with Gasteiger partial charge < -0.3 is 55.7 Å². The molecule has 0 aliphatic rings. The van der Waals surface area contributed by atoms with Crippen molar-refractivity contribution in [2.75, 3.05) is 13.1 Å². The van der Waals surface area contributed by atoms with Crippen molar-refractivity contribution in [1.82, 2.24) is 26.2 Å². The SMILES string of the molecule is CC(=O)N(C(=O)/C=C/c1ccc(F)cc1)[C@@H](Cc1ccc(F)cc1)C(=O)N[C@@H](Cc1ccc(N=C(N)N)cc1)C(=O)N[C@@H](CC(C)C)C(=O)N[C@@H](CCCN=C(N)N)C(=O)N[C@@H](CCCN)C(=O)CC(N)=O. The molecule has 0 radical (unpaired) electrons. The molecule has 388 valence electrons. The van der Waals surface area contributed by atoms with Crippen molar-refractivity contribution in [3.63, 3.8) is 0 Å². The van der Waals surface area contributed by atoms with Crippen LogP contribution in [0.15, 0.2) is 88.9 Å². The van der Waals surface area contributed by atoms with Crippen LogP contribution in [0.25, 0.3) is 6.08 Å². The quantitative estimate of drug-likeness (QED) is 0.0154. The van der Waals surface area contributed by atoms with Crippen LogP contribution in [0.4, 0.5) is 14.5 Å². The first kappa shape index (κ1) is 58.2. The van der Waals surface area contributed by atoms with Crippen molar-refractivity contribution in [3.8, 4) is 0 Å². The number of halogens is 2. The number of primary amides is 1. The van der Waals surface area contributed by atoms with Gasteiger partial charge in [0.15, 0.2) is 17.7 Å². The molecule has 0 aromatic heterocycles. The van der Waals surface area contributed by atoms with Crippen LogP contribution in [0, 0.1) is 17.6 Å². The lowest BCUT2D eigenvalue weighted by Gasteiger charge is -2.30. The molecule has 0 saturated carbocycles. The average Bonchev–Trinajstić information content (AvgIpc) is 3.30. The maximum atomic E-state index is 14.7. The summed E-state index contributed by atoms with van der Waals surface area (Å²) in [6, 6.07) is 9.28. The maximum Gasteiger partial charge on any atom is 0.253 e. The number of nitrogens with two attached hydrogens (primary N) is 6. The van der Waals surface area contributed by atoms with Gasteiger partial charge in [-0.15, -0.1) is 0 Å². The molecule has 3 aromatic carbocycles. The van der Waals surface area contributed by atoms with E-state index < -0.39 is 95.4 Å².